The summed E-state index contributed by atoms with van der Waals surface area (Å²) in [4.78, 5) is 0. The lowest BCUT2D eigenvalue weighted by atomic mass is 9.65. The SMILES string of the molecule is CC1(C)Cc2cnoc2C(C)(C)C1. The van der Waals surface area contributed by atoms with Gasteiger partial charge in [0, 0.05) is 11.0 Å². The Kier molecular flexibility index (Phi) is 1.60. The molecule has 2 heteroatoms. The molecule has 0 N–H and O–H groups in total. The van der Waals surface area contributed by atoms with Crippen LogP contribution in [0.3, 0.4) is 0 Å². The fraction of sp³-hybridized carbons (Fsp3) is 0.727. The Morgan fingerprint density at radius 3 is 2.69 bits per heavy atom. The minimum atomic E-state index is 0.146. The van der Waals surface area contributed by atoms with Crippen LogP contribution in [0, 0.1) is 5.41 Å². The largest absolute Gasteiger partial charge is 0.361 e. The van der Waals surface area contributed by atoms with Crippen molar-refractivity contribution in [2.45, 2.75) is 46.0 Å². The summed E-state index contributed by atoms with van der Waals surface area (Å²) >= 11 is 0. The molecule has 0 radical (unpaired) electrons. The maximum absolute atomic E-state index is 5.31. The van der Waals surface area contributed by atoms with Crippen LogP contribution in [0.4, 0.5) is 0 Å². The molecular formula is C11H17NO. The molecule has 2 nitrogen and oxygen atoms in total. The molecule has 0 atom stereocenters. The van der Waals surface area contributed by atoms with Gasteiger partial charge >= 0.3 is 0 Å². The van der Waals surface area contributed by atoms with Crippen LogP contribution < -0.4 is 0 Å². The summed E-state index contributed by atoms with van der Waals surface area (Å²) in [5.74, 6) is 1.09. The van der Waals surface area contributed by atoms with E-state index in [-0.39, 0.29) is 5.41 Å². The van der Waals surface area contributed by atoms with E-state index in [4.69, 9.17) is 4.52 Å². The van der Waals surface area contributed by atoms with Crippen LogP contribution in [-0.4, -0.2) is 5.16 Å². The van der Waals surface area contributed by atoms with E-state index in [0.717, 1.165) is 12.2 Å². The van der Waals surface area contributed by atoms with E-state index >= 15 is 0 Å². The molecule has 0 spiro atoms. The summed E-state index contributed by atoms with van der Waals surface area (Å²) in [5.41, 5.74) is 1.82. The topological polar surface area (TPSA) is 26.0 Å². The molecule has 1 aromatic rings. The van der Waals surface area contributed by atoms with Gasteiger partial charge in [0.2, 0.25) is 0 Å². The van der Waals surface area contributed by atoms with Crippen molar-refractivity contribution in [3.63, 3.8) is 0 Å². The average molecular weight is 179 g/mol. The van der Waals surface area contributed by atoms with Gasteiger partial charge in [-0.05, 0) is 18.3 Å². The molecule has 0 saturated heterocycles. The summed E-state index contributed by atoms with van der Waals surface area (Å²) in [5, 5.41) is 3.89. The van der Waals surface area contributed by atoms with Crippen LogP contribution in [0.15, 0.2) is 10.7 Å². The molecule has 1 aliphatic rings. The summed E-state index contributed by atoms with van der Waals surface area (Å²) in [6.45, 7) is 9.09. The van der Waals surface area contributed by atoms with Crippen LogP contribution in [0.25, 0.3) is 0 Å². The van der Waals surface area contributed by atoms with E-state index < -0.39 is 0 Å². The second-order valence-corrected chi connectivity index (χ2v) is 5.58. The third-order valence-electron chi connectivity index (χ3n) is 2.85. The Hall–Kier alpha value is -0.790. The van der Waals surface area contributed by atoms with Gasteiger partial charge < -0.3 is 4.52 Å². The number of hydrogen-bond donors (Lipinski definition) is 0. The summed E-state index contributed by atoms with van der Waals surface area (Å²) in [6, 6.07) is 0. The number of aromatic nitrogens is 1. The first kappa shape index (κ1) is 8.79. The van der Waals surface area contributed by atoms with Crippen LogP contribution in [-0.2, 0) is 11.8 Å². The summed E-state index contributed by atoms with van der Waals surface area (Å²) in [6.07, 6.45) is 4.13. The maximum atomic E-state index is 5.31. The van der Waals surface area contributed by atoms with Gasteiger partial charge in [-0.15, -0.1) is 0 Å². The number of fused-ring (bicyclic) bond motifs is 1. The highest BCUT2D eigenvalue weighted by Gasteiger charge is 2.40. The van der Waals surface area contributed by atoms with Gasteiger partial charge in [-0.3, -0.25) is 0 Å². The first-order valence-corrected chi connectivity index (χ1v) is 4.85. The van der Waals surface area contributed by atoms with Crippen LogP contribution in [0.1, 0.15) is 45.4 Å². The predicted octanol–water partition coefficient (Wildman–Crippen LogP) is 2.92. The fourth-order valence-electron chi connectivity index (χ4n) is 2.80. The molecule has 1 heterocycles. The molecule has 0 amide bonds. The van der Waals surface area contributed by atoms with E-state index in [1.807, 2.05) is 6.20 Å². The van der Waals surface area contributed by atoms with Gasteiger partial charge in [0.15, 0.2) is 0 Å². The molecule has 72 valence electrons. The number of hydrogen-bond acceptors (Lipinski definition) is 2. The Morgan fingerprint density at radius 1 is 1.31 bits per heavy atom. The normalized spacial score (nSPS) is 24.0. The molecule has 13 heavy (non-hydrogen) atoms. The molecule has 1 aromatic heterocycles. The van der Waals surface area contributed by atoms with Gasteiger partial charge in [-0.1, -0.05) is 32.9 Å². The lowest BCUT2D eigenvalue weighted by molar-refractivity contribution is 0.191. The van der Waals surface area contributed by atoms with Gasteiger partial charge in [0.1, 0.15) is 5.76 Å². The highest BCUT2D eigenvalue weighted by atomic mass is 16.5. The molecule has 0 unspecified atom stereocenters. The predicted molar refractivity (Wildman–Crippen MR) is 51.6 cm³/mol. The monoisotopic (exact) mass is 179 g/mol. The third kappa shape index (κ3) is 1.38. The van der Waals surface area contributed by atoms with Gasteiger partial charge in [-0.2, -0.15) is 0 Å². The van der Waals surface area contributed by atoms with Crippen molar-refractivity contribution in [3.05, 3.63) is 17.5 Å². The van der Waals surface area contributed by atoms with E-state index in [9.17, 15) is 0 Å². The van der Waals surface area contributed by atoms with Crippen LogP contribution in [0.2, 0.25) is 0 Å². The highest BCUT2D eigenvalue weighted by Crippen LogP contribution is 2.45. The van der Waals surface area contributed by atoms with Crippen molar-refractivity contribution in [1.29, 1.82) is 0 Å². The molecule has 1 aliphatic carbocycles. The first-order valence-electron chi connectivity index (χ1n) is 4.85. The second-order valence-electron chi connectivity index (χ2n) is 5.58. The zero-order chi connectivity index (χ0) is 9.69. The van der Waals surface area contributed by atoms with Gasteiger partial charge in [0.05, 0.1) is 6.20 Å². The van der Waals surface area contributed by atoms with Crippen molar-refractivity contribution in [2.24, 2.45) is 5.41 Å². The smallest absolute Gasteiger partial charge is 0.145 e. The molecule has 0 bridgehead atoms. The standard InChI is InChI=1S/C11H17NO/c1-10(2)5-8-6-12-13-9(8)11(3,4)7-10/h6H,5,7H2,1-4H3. The zero-order valence-electron chi connectivity index (χ0n) is 8.85. The molecule has 2 rings (SSSR count). The van der Waals surface area contributed by atoms with Gasteiger partial charge in [-0.25, -0.2) is 0 Å². The third-order valence-corrected chi connectivity index (χ3v) is 2.85. The van der Waals surface area contributed by atoms with Crippen LogP contribution in [0.5, 0.6) is 0 Å². The molecular weight excluding hydrogens is 162 g/mol. The Bertz CT molecular complexity index is 323. The minimum absolute atomic E-state index is 0.146. The Morgan fingerprint density at radius 2 is 2.00 bits per heavy atom. The average Bonchev–Trinajstić information content (AvgIpc) is 2.29. The Balaban J connectivity index is 2.48. The quantitative estimate of drug-likeness (QED) is 0.612. The second kappa shape index (κ2) is 2.37. The van der Waals surface area contributed by atoms with Crippen molar-refractivity contribution < 1.29 is 4.52 Å². The lowest BCUT2D eigenvalue weighted by Gasteiger charge is -2.38. The minimum Gasteiger partial charge on any atom is -0.361 e. The molecule has 0 fully saturated rings. The van der Waals surface area contributed by atoms with E-state index in [1.54, 1.807) is 0 Å². The molecule has 0 aromatic carbocycles. The van der Waals surface area contributed by atoms with E-state index in [0.29, 0.717) is 5.41 Å². The van der Waals surface area contributed by atoms with Crippen molar-refractivity contribution in [1.82, 2.24) is 5.16 Å². The van der Waals surface area contributed by atoms with Crippen molar-refractivity contribution in [2.75, 3.05) is 0 Å². The molecule has 0 saturated carbocycles. The highest BCUT2D eigenvalue weighted by molar-refractivity contribution is 5.26. The fourth-order valence-corrected chi connectivity index (χ4v) is 2.80. The van der Waals surface area contributed by atoms with Crippen LogP contribution >= 0.6 is 0 Å². The summed E-state index contributed by atoms with van der Waals surface area (Å²) in [7, 11) is 0. The number of rotatable bonds is 0. The first-order chi connectivity index (χ1) is 5.91. The zero-order valence-corrected chi connectivity index (χ0v) is 8.85. The van der Waals surface area contributed by atoms with E-state index in [2.05, 4.69) is 32.9 Å². The molecule has 0 aliphatic heterocycles. The van der Waals surface area contributed by atoms with E-state index in [1.165, 1.54) is 12.0 Å². The maximum Gasteiger partial charge on any atom is 0.145 e. The van der Waals surface area contributed by atoms with Crippen molar-refractivity contribution >= 4 is 0 Å². The van der Waals surface area contributed by atoms with Gasteiger partial charge in [0.25, 0.3) is 0 Å². The summed E-state index contributed by atoms with van der Waals surface area (Å²) < 4.78 is 5.31. The lowest BCUT2D eigenvalue weighted by Crippen LogP contribution is -2.33. The number of nitrogens with zero attached hydrogens (tertiary/aromatic N) is 1. The Labute approximate surface area is 79.3 Å². The van der Waals surface area contributed by atoms with Crippen molar-refractivity contribution in [3.8, 4) is 0 Å².